The molecule has 2 rings (SSSR count). The zero-order chi connectivity index (χ0) is 24.6. The number of sulfonamides is 1. The summed E-state index contributed by atoms with van der Waals surface area (Å²) in [5, 5.41) is 4.01. The SMILES string of the molecule is CCOc1cc(/C=N\NC(=O)[C@H](CC(C)C)NS(=O)(=O)c2ccc(C)cc2)cc(Br)c1OC. The molecule has 0 unspecified atom stereocenters. The van der Waals surface area contributed by atoms with Gasteiger partial charge in [-0.3, -0.25) is 4.79 Å². The molecule has 0 bridgehead atoms. The van der Waals surface area contributed by atoms with Gasteiger partial charge in [0.1, 0.15) is 6.04 Å². The van der Waals surface area contributed by atoms with Gasteiger partial charge in [0.15, 0.2) is 11.5 Å². The van der Waals surface area contributed by atoms with E-state index in [0.29, 0.717) is 34.6 Å². The molecule has 0 aliphatic carbocycles. The Morgan fingerprint density at radius 2 is 1.88 bits per heavy atom. The second-order valence-electron chi connectivity index (χ2n) is 7.82. The van der Waals surface area contributed by atoms with Crippen LogP contribution in [-0.4, -0.2) is 40.3 Å². The highest BCUT2D eigenvalue weighted by atomic mass is 79.9. The van der Waals surface area contributed by atoms with Gasteiger partial charge in [-0.1, -0.05) is 31.5 Å². The molecule has 0 spiro atoms. The van der Waals surface area contributed by atoms with Crippen molar-refractivity contribution in [2.24, 2.45) is 11.0 Å². The molecule has 1 atom stereocenters. The van der Waals surface area contributed by atoms with E-state index in [4.69, 9.17) is 9.47 Å². The van der Waals surface area contributed by atoms with Crippen molar-refractivity contribution >= 4 is 38.1 Å². The zero-order valence-corrected chi connectivity index (χ0v) is 21.8. The first-order valence-electron chi connectivity index (χ1n) is 10.5. The Kier molecular flexibility index (Phi) is 9.87. The molecule has 10 heteroatoms. The van der Waals surface area contributed by atoms with E-state index < -0.39 is 22.0 Å². The van der Waals surface area contributed by atoms with Gasteiger partial charge in [-0.05, 0) is 71.9 Å². The molecule has 0 aliphatic rings. The molecular formula is C23H30BrN3O5S. The van der Waals surface area contributed by atoms with Gasteiger partial charge in [0, 0.05) is 0 Å². The van der Waals surface area contributed by atoms with Gasteiger partial charge < -0.3 is 9.47 Å². The lowest BCUT2D eigenvalue weighted by Gasteiger charge is -2.19. The van der Waals surface area contributed by atoms with Crippen LogP contribution in [-0.2, 0) is 14.8 Å². The second-order valence-corrected chi connectivity index (χ2v) is 10.4. The Morgan fingerprint density at radius 3 is 2.45 bits per heavy atom. The molecule has 0 fully saturated rings. The number of amides is 1. The largest absolute Gasteiger partial charge is 0.492 e. The molecule has 180 valence electrons. The van der Waals surface area contributed by atoms with E-state index in [1.807, 2.05) is 27.7 Å². The number of benzene rings is 2. The highest BCUT2D eigenvalue weighted by molar-refractivity contribution is 9.10. The minimum atomic E-state index is -3.87. The average molecular weight is 540 g/mol. The van der Waals surface area contributed by atoms with Crippen molar-refractivity contribution in [3.05, 3.63) is 52.0 Å². The molecule has 0 aliphatic heterocycles. The molecule has 0 heterocycles. The fraction of sp³-hybridized carbons (Fsp3) is 0.391. The summed E-state index contributed by atoms with van der Waals surface area (Å²) in [6, 6.07) is 8.96. The predicted octanol–water partition coefficient (Wildman–Crippen LogP) is 4.01. The first kappa shape index (κ1) is 26.8. The molecule has 1 amide bonds. The van der Waals surface area contributed by atoms with Gasteiger partial charge in [0.2, 0.25) is 10.0 Å². The third-order valence-corrected chi connectivity index (χ3v) is 6.65. The monoisotopic (exact) mass is 539 g/mol. The lowest BCUT2D eigenvalue weighted by Crippen LogP contribution is -2.46. The third kappa shape index (κ3) is 7.83. The van der Waals surface area contributed by atoms with Crippen LogP contribution in [0.5, 0.6) is 11.5 Å². The van der Waals surface area contributed by atoms with Crippen molar-refractivity contribution in [2.45, 2.75) is 45.1 Å². The lowest BCUT2D eigenvalue weighted by molar-refractivity contribution is -0.123. The molecule has 0 aromatic heterocycles. The minimum absolute atomic E-state index is 0.0803. The van der Waals surface area contributed by atoms with E-state index in [-0.39, 0.29) is 10.8 Å². The molecule has 2 aromatic carbocycles. The first-order valence-corrected chi connectivity index (χ1v) is 12.8. The normalized spacial score (nSPS) is 12.7. The van der Waals surface area contributed by atoms with Crippen molar-refractivity contribution in [3.63, 3.8) is 0 Å². The van der Waals surface area contributed by atoms with E-state index in [9.17, 15) is 13.2 Å². The maximum atomic E-state index is 12.8. The molecule has 0 saturated heterocycles. The number of hydrogen-bond donors (Lipinski definition) is 2. The maximum Gasteiger partial charge on any atom is 0.258 e. The van der Waals surface area contributed by atoms with E-state index in [1.165, 1.54) is 18.3 Å². The van der Waals surface area contributed by atoms with Gasteiger partial charge in [0.25, 0.3) is 5.91 Å². The Balaban J connectivity index is 2.17. The van der Waals surface area contributed by atoms with E-state index >= 15 is 0 Å². The number of carbonyl (C=O) groups is 1. The van der Waals surface area contributed by atoms with Crippen molar-refractivity contribution in [3.8, 4) is 11.5 Å². The lowest BCUT2D eigenvalue weighted by atomic mass is 10.0. The Labute approximate surface area is 203 Å². The molecule has 0 saturated carbocycles. The molecule has 2 aromatic rings. The Hall–Kier alpha value is -2.43. The number of methoxy groups -OCH3 is 1. The van der Waals surface area contributed by atoms with Crippen LogP contribution in [0.3, 0.4) is 0 Å². The fourth-order valence-electron chi connectivity index (χ4n) is 3.02. The number of halogens is 1. The second kappa shape index (κ2) is 12.2. The van der Waals surface area contributed by atoms with Crippen molar-refractivity contribution < 1.29 is 22.7 Å². The number of hydrogen-bond acceptors (Lipinski definition) is 6. The zero-order valence-electron chi connectivity index (χ0n) is 19.4. The van der Waals surface area contributed by atoms with E-state index in [2.05, 4.69) is 31.2 Å². The highest BCUT2D eigenvalue weighted by Crippen LogP contribution is 2.36. The number of rotatable bonds is 11. The van der Waals surface area contributed by atoms with Crippen molar-refractivity contribution in [1.82, 2.24) is 10.1 Å². The number of ether oxygens (including phenoxy) is 2. The number of carbonyl (C=O) groups excluding carboxylic acids is 1. The van der Waals surface area contributed by atoms with Crippen LogP contribution in [0.1, 0.15) is 38.3 Å². The number of nitrogens with one attached hydrogen (secondary N) is 2. The first-order chi connectivity index (χ1) is 15.6. The summed E-state index contributed by atoms with van der Waals surface area (Å²) >= 11 is 3.43. The average Bonchev–Trinajstić information content (AvgIpc) is 2.73. The van der Waals surface area contributed by atoms with Gasteiger partial charge in [-0.15, -0.1) is 0 Å². The van der Waals surface area contributed by atoms with Crippen molar-refractivity contribution in [2.75, 3.05) is 13.7 Å². The summed E-state index contributed by atoms with van der Waals surface area (Å²) in [6.07, 6.45) is 1.76. The fourth-order valence-corrected chi connectivity index (χ4v) is 4.85. The van der Waals surface area contributed by atoms with E-state index in [0.717, 1.165) is 5.56 Å². The summed E-state index contributed by atoms with van der Waals surface area (Å²) in [6.45, 7) is 8.01. The topological polar surface area (TPSA) is 106 Å². The molecule has 0 radical (unpaired) electrons. The third-order valence-electron chi connectivity index (χ3n) is 4.58. The summed E-state index contributed by atoms with van der Waals surface area (Å²) < 4.78 is 39.6. The van der Waals surface area contributed by atoms with Crippen LogP contribution in [0.4, 0.5) is 0 Å². The smallest absolute Gasteiger partial charge is 0.258 e. The highest BCUT2D eigenvalue weighted by Gasteiger charge is 2.26. The molecule has 2 N–H and O–H groups in total. The van der Waals surface area contributed by atoms with Gasteiger partial charge in [-0.25, -0.2) is 13.8 Å². The quantitative estimate of drug-likeness (QED) is 0.331. The van der Waals surface area contributed by atoms with Crippen molar-refractivity contribution in [1.29, 1.82) is 0 Å². The number of aryl methyl sites for hydroxylation is 1. The summed E-state index contributed by atoms with van der Waals surface area (Å²) in [5.74, 6) is 0.622. The molecular weight excluding hydrogens is 510 g/mol. The van der Waals surface area contributed by atoms with Crippen LogP contribution in [0, 0.1) is 12.8 Å². The molecule has 8 nitrogen and oxygen atoms in total. The Bertz CT molecular complexity index is 1090. The van der Waals surface area contributed by atoms with Gasteiger partial charge in [-0.2, -0.15) is 9.82 Å². The molecule has 33 heavy (non-hydrogen) atoms. The standard InChI is InChI=1S/C23H30BrN3O5S/c1-6-32-21-13-17(12-19(24)22(21)31-5)14-25-26-23(28)20(11-15(2)3)27-33(29,30)18-9-7-16(4)8-10-18/h7-10,12-15,20,27H,6,11H2,1-5H3,(H,26,28)/b25-14-/t20-/m0/s1. The van der Waals surface area contributed by atoms with Crippen LogP contribution in [0.15, 0.2) is 50.9 Å². The van der Waals surface area contributed by atoms with Crippen LogP contribution in [0.2, 0.25) is 0 Å². The van der Waals surface area contributed by atoms with Gasteiger partial charge in [0.05, 0.1) is 29.3 Å². The number of nitrogens with zero attached hydrogens (tertiary/aromatic N) is 1. The van der Waals surface area contributed by atoms with Gasteiger partial charge >= 0.3 is 0 Å². The summed E-state index contributed by atoms with van der Waals surface area (Å²) in [5.41, 5.74) is 4.04. The van der Waals surface area contributed by atoms with Crippen LogP contribution >= 0.6 is 15.9 Å². The Morgan fingerprint density at radius 1 is 1.21 bits per heavy atom. The predicted molar refractivity (Wildman–Crippen MR) is 132 cm³/mol. The number of hydrazone groups is 1. The van der Waals surface area contributed by atoms with Crippen LogP contribution in [0.25, 0.3) is 0 Å². The minimum Gasteiger partial charge on any atom is -0.492 e. The maximum absolute atomic E-state index is 12.8. The summed E-state index contributed by atoms with van der Waals surface area (Å²) in [4.78, 5) is 12.9. The van der Waals surface area contributed by atoms with Crippen LogP contribution < -0.4 is 19.6 Å². The summed E-state index contributed by atoms with van der Waals surface area (Å²) in [7, 11) is -2.32. The van der Waals surface area contributed by atoms with E-state index in [1.54, 1.807) is 31.4 Å².